The molecule has 1 saturated heterocycles. The Morgan fingerprint density at radius 3 is 2.58 bits per heavy atom. The maximum absolute atomic E-state index is 11.6. The van der Waals surface area contributed by atoms with Gasteiger partial charge < -0.3 is 14.4 Å². The van der Waals surface area contributed by atoms with Crippen molar-refractivity contribution in [1.82, 2.24) is 0 Å². The SMILES string of the molecule is CCOC(=O)C#CC1CCCCCN1c1c(C)cc(OC)cc1C. The van der Waals surface area contributed by atoms with Crippen molar-refractivity contribution < 1.29 is 14.3 Å². The average molecular weight is 329 g/mol. The van der Waals surface area contributed by atoms with E-state index in [0.29, 0.717) is 6.61 Å². The minimum absolute atomic E-state index is 0.0442. The first-order valence-corrected chi connectivity index (χ1v) is 8.67. The van der Waals surface area contributed by atoms with E-state index >= 15 is 0 Å². The van der Waals surface area contributed by atoms with Gasteiger partial charge in [-0.25, -0.2) is 4.79 Å². The maximum Gasteiger partial charge on any atom is 0.384 e. The quantitative estimate of drug-likeness (QED) is 0.482. The fourth-order valence-corrected chi connectivity index (χ4v) is 3.32. The molecular weight excluding hydrogens is 302 g/mol. The van der Waals surface area contributed by atoms with Gasteiger partial charge in [-0.05, 0) is 56.9 Å². The van der Waals surface area contributed by atoms with E-state index in [1.807, 2.05) is 0 Å². The lowest BCUT2D eigenvalue weighted by Crippen LogP contribution is -2.35. The van der Waals surface area contributed by atoms with Crippen LogP contribution in [-0.4, -0.2) is 32.3 Å². The first-order valence-electron chi connectivity index (χ1n) is 8.67. The Kier molecular flexibility index (Phi) is 6.54. The highest BCUT2D eigenvalue weighted by atomic mass is 16.5. The number of carbonyl (C=O) groups excluding carboxylic acids is 1. The third kappa shape index (κ3) is 4.44. The minimum Gasteiger partial charge on any atom is -0.497 e. The highest BCUT2D eigenvalue weighted by Crippen LogP contribution is 2.33. The highest BCUT2D eigenvalue weighted by Gasteiger charge is 2.23. The van der Waals surface area contributed by atoms with Crippen molar-refractivity contribution in [2.24, 2.45) is 0 Å². The number of nitrogens with zero attached hydrogens (tertiary/aromatic N) is 1. The maximum atomic E-state index is 11.6. The lowest BCUT2D eigenvalue weighted by atomic mass is 10.0. The van der Waals surface area contributed by atoms with Crippen molar-refractivity contribution in [2.75, 3.05) is 25.2 Å². The number of anilines is 1. The summed E-state index contributed by atoms with van der Waals surface area (Å²) >= 11 is 0. The van der Waals surface area contributed by atoms with E-state index < -0.39 is 5.97 Å². The minimum atomic E-state index is -0.440. The highest BCUT2D eigenvalue weighted by molar-refractivity contribution is 5.88. The van der Waals surface area contributed by atoms with Gasteiger partial charge in [0, 0.05) is 18.2 Å². The monoisotopic (exact) mass is 329 g/mol. The number of ether oxygens (including phenoxy) is 2. The average Bonchev–Trinajstić information content (AvgIpc) is 2.78. The summed E-state index contributed by atoms with van der Waals surface area (Å²) in [5, 5.41) is 0. The topological polar surface area (TPSA) is 38.8 Å². The number of rotatable bonds is 3. The van der Waals surface area contributed by atoms with Gasteiger partial charge in [0.05, 0.1) is 19.8 Å². The molecule has 1 heterocycles. The van der Waals surface area contributed by atoms with Crippen molar-refractivity contribution in [3.05, 3.63) is 23.3 Å². The molecular formula is C20H27NO3. The van der Waals surface area contributed by atoms with Gasteiger partial charge in [0.1, 0.15) is 5.75 Å². The van der Waals surface area contributed by atoms with Crippen LogP contribution in [0.4, 0.5) is 5.69 Å². The van der Waals surface area contributed by atoms with E-state index in [2.05, 4.69) is 42.7 Å². The predicted molar refractivity (Wildman–Crippen MR) is 96.5 cm³/mol. The van der Waals surface area contributed by atoms with Crippen LogP contribution in [0.15, 0.2) is 12.1 Å². The number of hydrogen-bond acceptors (Lipinski definition) is 4. The van der Waals surface area contributed by atoms with Gasteiger partial charge in [0.25, 0.3) is 0 Å². The molecule has 4 nitrogen and oxygen atoms in total. The standard InChI is InChI=1S/C20H27NO3/c1-5-24-19(22)11-10-17-9-7-6-8-12-21(17)20-15(2)13-18(23-4)14-16(20)3/h13-14,17H,5-9,12H2,1-4H3. The van der Waals surface area contributed by atoms with Crippen LogP contribution >= 0.6 is 0 Å². The summed E-state index contributed by atoms with van der Waals surface area (Å²) in [5.41, 5.74) is 3.56. The Morgan fingerprint density at radius 1 is 1.25 bits per heavy atom. The summed E-state index contributed by atoms with van der Waals surface area (Å²) in [5.74, 6) is 6.25. The summed E-state index contributed by atoms with van der Waals surface area (Å²) in [6, 6.07) is 4.16. The first kappa shape index (κ1) is 18.2. The van der Waals surface area contributed by atoms with Crippen LogP contribution in [0.1, 0.15) is 43.7 Å². The van der Waals surface area contributed by atoms with Crippen LogP contribution in [0.25, 0.3) is 0 Å². The van der Waals surface area contributed by atoms with Crippen molar-refractivity contribution in [3.63, 3.8) is 0 Å². The Balaban J connectivity index is 2.35. The van der Waals surface area contributed by atoms with Crippen LogP contribution in [0.5, 0.6) is 5.75 Å². The predicted octanol–water partition coefficient (Wildman–Crippen LogP) is 3.63. The molecule has 0 N–H and O–H groups in total. The van der Waals surface area contributed by atoms with Crippen LogP contribution in [0, 0.1) is 25.7 Å². The number of methoxy groups -OCH3 is 1. The summed E-state index contributed by atoms with van der Waals surface area (Å²) < 4.78 is 10.3. The molecule has 130 valence electrons. The number of benzene rings is 1. The fraction of sp³-hybridized carbons (Fsp3) is 0.550. The summed E-state index contributed by atoms with van der Waals surface area (Å²) in [7, 11) is 1.69. The fourth-order valence-electron chi connectivity index (χ4n) is 3.32. The molecule has 0 saturated carbocycles. The van der Waals surface area contributed by atoms with Crippen molar-refractivity contribution >= 4 is 11.7 Å². The number of esters is 1. The van der Waals surface area contributed by atoms with Gasteiger partial charge in [-0.3, -0.25) is 0 Å². The Morgan fingerprint density at radius 2 is 1.96 bits per heavy atom. The third-order valence-corrected chi connectivity index (χ3v) is 4.36. The third-order valence-electron chi connectivity index (χ3n) is 4.36. The van der Waals surface area contributed by atoms with E-state index in [0.717, 1.165) is 31.6 Å². The van der Waals surface area contributed by atoms with E-state index in [1.54, 1.807) is 14.0 Å². The summed E-state index contributed by atoms with van der Waals surface area (Å²) in [6.07, 6.45) is 4.44. The zero-order valence-electron chi connectivity index (χ0n) is 15.1. The van der Waals surface area contributed by atoms with Crippen LogP contribution < -0.4 is 9.64 Å². The second kappa shape index (κ2) is 8.63. The zero-order chi connectivity index (χ0) is 17.5. The summed E-state index contributed by atoms with van der Waals surface area (Å²) in [6.45, 7) is 7.31. The van der Waals surface area contributed by atoms with Gasteiger partial charge in [-0.2, -0.15) is 0 Å². The molecule has 0 bridgehead atoms. The molecule has 0 radical (unpaired) electrons. The molecule has 2 rings (SSSR count). The molecule has 1 atom stereocenters. The van der Waals surface area contributed by atoms with Crippen molar-refractivity contribution in [3.8, 4) is 17.6 Å². The molecule has 24 heavy (non-hydrogen) atoms. The number of carbonyl (C=O) groups is 1. The van der Waals surface area contributed by atoms with Gasteiger partial charge in [0.2, 0.25) is 0 Å². The van der Waals surface area contributed by atoms with Gasteiger partial charge in [-0.15, -0.1) is 0 Å². The molecule has 0 spiro atoms. The van der Waals surface area contributed by atoms with Crippen molar-refractivity contribution in [2.45, 2.75) is 52.5 Å². The van der Waals surface area contributed by atoms with E-state index in [4.69, 9.17) is 9.47 Å². The molecule has 1 aromatic rings. The number of hydrogen-bond donors (Lipinski definition) is 0. The summed E-state index contributed by atoms with van der Waals surface area (Å²) in [4.78, 5) is 14.0. The Bertz CT molecular complexity index is 619. The lowest BCUT2D eigenvalue weighted by Gasteiger charge is -2.31. The molecule has 1 fully saturated rings. The largest absolute Gasteiger partial charge is 0.497 e. The molecule has 0 aromatic heterocycles. The van der Waals surface area contributed by atoms with Crippen molar-refractivity contribution in [1.29, 1.82) is 0 Å². The molecule has 1 aromatic carbocycles. The molecule has 0 amide bonds. The van der Waals surface area contributed by atoms with E-state index in [1.165, 1.54) is 23.2 Å². The van der Waals surface area contributed by atoms with Crippen LogP contribution in [0.3, 0.4) is 0 Å². The molecule has 1 aliphatic heterocycles. The number of aryl methyl sites for hydroxylation is 2. The molecule has 4 heteroatoms. The van der Waals surface area contributed by atoms with Gasteiger partial charge in [-0.1, -0.05) is 18.8 Å². The Labute approximate surface area is 145 Å². The van der Waals surface area contributed by atoms with E-state index in [9.17, 15) is 4.79 Å². The van der Waals surface area contributed by atoms with Gasteiger partial charge >= 0.3 is 5.97 Å². The zero-order valence-corrected chi connectivity index (χ0v) is 15.1. The molecule has 1 aliphatic rings. The Hall–Kier alpha value is -2.15. The first-order chi connectivity index (χ1) is 11.6. The second-order valence-electron chi connectivity index (χ2n) is 6.16. The second-order valence-corrected chi connectivity index (χ2v) is 6.16. The normalized spacial score (nSPS) is 17.5. The van der Waals surface area contributed by atoms with E-state index in [-0.39, 0.29) is 6.04 Å². The van der Waals surface area contributed by atoms with Crippen LogP contribution in [-0.2, 0) is 9.53 Å². The molecule has 0 aliphatic carbocycles. The lowest BCUT2D eigenvalue weighted by molar-refractivity contribution is -0.136. The van der Waals surface area contributed by atoms with Crippen LogP contribution in [0.2, 0.25) is 0 Å². The molecule has 1 unspecified atom stereocenters. The van der Waals surface area contributed by atoms with Gasteiger partial charge in [0.15, 0.2) is 0 Å². The smallest absolute Gasteiger partial charge is 0.384 e.